The van der Waals surface area contributed by atoms with Crippen LogP contribution in [0.15, 0.2) is 18.2 Å². The molecule has 1 aliphatic rings. The van der Waals surface area contributed by atoms with Crippen molar-refractivity contribution in [2.75, 3.05) is 18.0 Å². The fourth-order valence-electron chi connectivity index (χ4n) is 2.77. The summed E-state index contributed by atoms with van der Waals surface area (Å²) in [6.07, 6.45) is 1.15. The average molecular weight is 292 g/mol. The first kappa shape index (κ1) is 16.3. The minimum atomic E-state index is -0.0926. The standard InChI is InChI=1S/C18H29FN2/c1-13-8-9-21(12-14(13)2)17-7-6-15(10-16(17)19)11-20-18(3,4)5/h6-7,10,13-14,20H,8-9,11-12H2,1-5H3. The Labute approximate surface area is 128 Å². The molecule has 1 aliphatic heterocycles. The van der Waals surface area contributed by atoms with Gasteiger partial charge in [-0.3, -0.25) is 0 Å². The lowest BCUT2D eigenvalue weighted by atomic mass is 9.88. The van der Waals surface area contributed by atoms with Gasteiger partial charge in [-0.15, -0.1) is 0 Å². The van der Waals surface area contributed by atoms with Gasteiger partial charge in [0.2, 0.25) is 0 Å². The summed E-state index contributed by atoms with van der Waals surface area (Å²) in [5, 5.41) is 3.40. The van der Waals surface area contributed by atoms with Crippen LogP contribution in [0.1, 0.15) is 46.6 Å². The van der Waals surface area contributed by atoms with Crippen LogP contribution in [0.3, 0.4) is 0 Å². The number of piperidine rings is 1. The minimum absolute atomic E-state index is 0.0492. The van der Waals surface area contributed by atoms with E-state index in [4.69, 9.17) is 0 Å². The quantitative estimate of drug-likeness (QED) is 0.898. The maximum absolute atomic E-state index is 14.4. The van der Waals surface area contributed by atoms with Crippen molar-refractivity contribution in [3.8, 4) is 0 Å². The Balaban J connectivity index is 2.05. The monoisotopic (exact) mass is 292 g/mol. The zero-order chi connectivity index (χ0) is 15.6. The molecule has 0 amide bonds. The van der Waals surface area contributed by atoms with Crippen LogP contribution in [0, 0.1) is 17.7 Å². The number of benzene rings is 1. The fraction of sp³-hybridized carbons (Fsp3) is 0.667. The van der Waals surface area contributed by atoms with Gasteiger partial charge >= 0.3 is 0 Å². The molecule has 1 saturated heterocycles. The first-order chi connectivity index (χ1) is 9.76. The van der Waals surface area contributed by atoms with Crippen LogP contribution in [-0.2, 0) is 6.54 Å². The molecule has 0 aliphatic carbocycles. The molecule has 21 heavy (non-hydrogen) atoms. The zero-order valence-corrected chi connectivity index (χ0v) is 14.0. The number of halogens is 1. The largest absolute Gasteiger partial charge is 0.369 e. The first-order valence-electron chi connectivity index (χ1n) is 8.04. The smallest absolute Gasteiger partial charge is 0.146 e. The Bertz CT molecular complexity index is 479. The number of hydrogen-bond acceptors (Lipinski definition) is 2. The molecule has 1 heterocycles. The molecular formula is C18H29FN2. The zero-order valence-electron chi connectivity index (χ0n) is 14.0. The first-order valence-corrected chi connectivity index (χ1v) is 8.04. The van der Waals surface area contributed by atoms with Crippen LogP contribution in [0.25, 0.3) is 0 Å². The van der Waals surface area contributed by atoms with Crippen LogP contribution in [-0.4, -0.2) is 18.6 Å². The van der Waals surface area contributed by atoms with Gasteiger partial charge in [0.25, 0.3) is 0 Å². The molecule has 2 nitrogen and oxygen atoms in total. The van der Waals surface area contributed by atoms with Gasteiger partial charge in [-0.25, -0.2) is 4.39 Å². The highest BCUT2D eigenvalue weighted by molar-refractivity contribution is 5.49. The molecule has 2 rings (SSSR count). The van der Waals surface area contributed by atoms with E-state index in [0.717, 1.165) is 36.7 Å². The summed E-state index contributed by atoms with van der Waals surface area (Å²) in [6, 6.07) is 5.66. The van der Waals surface area contributed by atoms with E-state index in [1.807, 2.05) is 12.1 Å². The third kappa shape index (κ3) is 4.44. The molecule has 2 unspecified atom stereocenters. The normalized spacial score (nSPS) is 23.4. The topological polar surface area (TPSA) is 15.3 Å². The van der Waals surface area contributed by atoms with E-state index in [-0.39, 0.29) is 11.4 Å². The molecule has 1 N–H and O–H groups in total. The van der Waals surface area contributed by atoms with Crippen molar-refractivity contribution in [1.82, 2.24) is 5.32 Å². The Morgan fingerprint density at radius 3 is 2.52 bits per heavy atom. The van der Waals surface area contributed by atoms with Gasteiger partial charge in [-0.2, -0.15) is 0 Å². The average Bonchev–Trinajstić information content (AvgIpc) is 2.39. The third-order valence-corrected chi connectivity index (χ3v) is 4.51. The van der Waals surface area contributed by atoms with Gasteiger partial charge in [-0.1, -0.05) is 19.9 Å². The number of nitrogens with zero attached hydrogens (tertiary/aromatic N) is 1. The molecule has 0 radical (unpaired) electrons. The molecule has 1 aromatic carbocycles. The Kier molecular flexibility index (Phi) is 4.92. The van der Waals surface area contributed by atoms with E-state index in [2.05, 4.69) is 44.8 Å². The van der Waals surface area contributed by atoms with Crippen LogP contribution in [0.2, 0.25) is 0 Å². The van der Waals surface area contributed by atoms with Crippen LogP contribution in [0.4, 0.5) is 10.1 Å². The van der Waals surface area contributed by atoms with Crippen LogP contribution < -0.4 is 10.2 Å². The van der Waals surface area contributed by atoms with Gasteiger partial charge in [0.1, 0.15) is 5.82 Å². The second kappa shape index (κ2) is 6.35. The van der Waals surface area contributed by atoms with E-state index in [9.17, 15) is 4.39 Å². The molecule has 0 aromatic heterocycles. The van der Waals surface area contributed by atoms with E-state index in [1.54, 1.807) is 6.07 Å². The van der Waals surface area contributed by atoms with Crippen molar-refractivity contribution in [2.45, 2.75) is 53.1 Å². The highest BCUT2D eigenvalue weighted by Crippen LogP contribution is 2.29. The number of rotatable bonds is 3. The van der Waals surface area contributed by atoms with E-state index < -0.39 is 0 Å². The van der Waals surface area contributed by atoms with Gasteiger partial charge in [-0.05, 0) is 56.7 Å². The van der Waals surface area contributed by atoms with Gasteiger partial charge in [0.05, 0.1) is 5.69 Å². The van der Waals surface area contributed by atoms with E-state index >= 15 is 0 Å². The van der Waals surface area contributed by atoms with E-state index in [1.165, 1.54) is 0 Å². The SMILES string of the molecule is CC1CCN(c2ccc(CNC(C)(C)C)cc2F)CC1C. The molecule has 1 aromatic rings. The highest BCUT2D eigenvalue weighted by Gasteiger charge is 2.24. The number of anilines is 1. The van der Waals surface area contributed by atoms with Crippen molar-refractivity contribution >= 4 is 5.69 Å². The summed E-state index contributed by atoms with van der Waals surface area (Å²) in [5.41, 5.74) is 1.81. The van der Waals surface area contributed by atoms with Crippen molar-refractivity contribution in [2.24, 2.45) is 11.8 Å². The molecule has 0 bridgehead atoms. The summed E-state index contributed by atoms with van der Waals surface area (Å²) in [7, 11) is 0. The molecular weight excluding hydrogens is 263 g/mol. The molecule has 0 saturated carbocycles. The molecule has 118 valence electrons. The van der Waals surface area contributed by atoms with Crippen molar-refractivity contribution in [1.29, 1.82) is 0 Å². The van der Waals surface area contributed by atoms with E-state index in [0.29, 0.717) is 12.5 Å². The summed E-state index contributed by atoms with van der Waals surface area (Å²) < 4.78 is 14.4. The number of nitrogens with one attached hydrogen (secondary N) is 1. The predicted octanol–water partition coefficient (Wildman–Crippen LogP) is 4.20. The highest BCUT2D eigenvalue weighted by atomic mass is 19.1. The summed E-state index contributed by atoms with van der Waals surface area (Å²) in [4.78, 5) is 2.20. The van der Waals surface area contributed by atoms with Crippen LogP contribution >= 0.6 is 0 Å². The predicted molar refractivity (Wildman–Crippen MR) is 88.2 cm³/mol. The maximum atomic E-state index is 14.4. The van der Waals surface area contributed by atoms with Crippen molar-refractivity contribution < 1.29 is 4.39 Å². The third-order valence-electron chi connectivity index (χ3n) is 4.51. The van der Waals surface area contributed by atoms with Gasteiger partial charge in [0.15, 0.2) is 0 Å². The second-order valence-corrected chi connectivity index (χ2v) is 7.58. The molecule has 2 atom stereocenters. The summed E-state index contributed by atoms with van der Waals surface area (Å²) in [6.45, 7) is 13.5. The van der Waals surface area contributed by atoms with Crippen molar-refractivity contribution in [3.05, 3.63) is 29.6 Å². The summed E-state index contributed by atoms with van der Waals surface area (Å²) >= 11 is 0. The molecule has 0 spiro atoms. The Morgan fingerprint density at radius 2 is 1.95 bits per heavy atom. The number of hydrogen-bond donors (Lipinski definition) is 1. The lowest BCUT2D eigenvalue weighted by Gasteiger charge is -2.37. The molecule has 3 heteroatoms. The van der Waals surface area contributed by atoms with Crippen molar-refractivity contribution in [3.63, 3.8) is 0 Å². The second-order valence-electron chi connectivity index (χ2n) is 7.58. The Morgan fingerprint density at radius 1 is 1.24 bits per heavy atom. The van der Waals surface area contributed by atoms with Gasteiger partial charge in [0, 0.05) is 25.2 Å². The summed E-state index contributed by atoms with van der Waals surface area (Å²) in [5.74, 6) is 1.27. The lowest BCUT2D eigenvalue weighted by Crippen LogP contribution is -2.39. The fourth-order valence-corrected chi connectivity index (χ4v) is 2.77. The Hall–Kier alpha value is -1.09. The van der Waals surface area contributed by atoms with Crippen LogP contribution in [0.5, 0.6) is 0 Å². The lowest BCUT2D eigenvalue weighted by molar-refractivity contribution is 0.322. The maximum Gasteiger partial charge on any atom is 0.146 e. The van der Waals surface area contributed by atoms with Gasteiger partial charge < -0.3 is 10.2 Å². The molecule has 1 fully saturated rings. The minimum Gasteiger partial charge on any atom is -0.369 e.